The maximum atomic E-state index is 10.2. The quantitative estimate of drug-likeness (QED) is 0.496. The van der Waals surface area contributed by atoms with Crippen LogP contribution in [-0.4, -0.2) is 25.1 Å². The van der Waals surface area contributed by atoms with Gasteiger partial charge in [0.25, 0.3) is 0 Å². The lowest BCUT2D eigenvalue weighted by Crippen LogP contribution is -2.36. The minimum atomic E-state index is -2.20. The largest absolute Gasteiger partial charge is 0.290 e. The summed E-state index contributed by atoms with van der Waals surface area (Å²) in [5, 5.41) is 0. The fourth-order valence-corrected chi connectivity index (χ4v) is 0.754. The smallest absolute Gasteiger partial charge is 0.222 e. The molecule has 0 fully saturated rings. The van der Waals surface area contributed by atoms with E-state index in [-0.39, 0.29) is 6.42 Å². The Hall–Kier alpha value is -1.32. The molecule has 62 valence electrons. The van der Waals surface area contributed by atoms with Gasteiger partial charge in [-0.15, -0.1) is 0 Å². The van der Waals surface area contributed by atoms with Gasteiger partial charge in [0.1, 0.15) is 0 Å². The predicted octanol–water partition coefficient (Wildman–Crippen LogP) is -0.562. The van der Waals surface area contributed by atoms with E-state index in [2.05, 4.69) is 0 Å². The molecular weight excluding hydrogens is 160 g/mol. The average Bonchev–Trinajstić information content (AvgIpc) is 2.14. The molecule has 0 aliphatic carbocycles. The van der Waals surface area contributed by atoms with Gasteiger partial charge in [0.15, 0.2) is 5.41 Å². The second-order valence-electron chi connectivity index (χ2n) is 2.19. The third-order valence-corrected chi connectivity index (χ3v) is 1.56. The van der Waals surface area contributed by atoms with E-state index in [0.29, 0.717) is 0 Å². The first-order valence-electron chi connectivity index (χ1n) is 3.26. The van der Waals surface area contributed by atoms with E-state index in [1.165, 1.54) is 13.2 Å². The Morgan fingerprint density at radius 3 is 1.58 bits per heavy atom. The van der Waals surface area contributed by atoms with Crippen LogP contribution in [0.5, 0.6) is 0 Å². The van der Waals surface area contributed by atoms with Gasteiger partial charge in [-0.1, -0.05) is 6.92 Å². The Bertz CT molecular complexity index is 175. The van der Waals surface area contributed by atoms with Crippen molar-refractivity contribution in [3.05, 3.63) is 0 Å². The molecule has 0 saturated heterocycles. The zero-order chi connectivity index (χ0) is 9.61. The molecule has 0 spiro atoms. The van der Waals surface area contributed by atoms with Crippen LogP contribution in [0.25, 0.3) is 0 Å². The van der Waals surface area contributed by atoms with Crippen LogP contribution in [0.1, 0.15) is 13.3 Å². The van der Waals surface area contributed by atoms with Crippen LogP contribution in [0.3, 0.4) is 0 Å². The van der Waals surface area contributed by atoms with Gasteiger partial charge in [-0.25, -0.2) is 0 Å². The standard InChI is InChI=1S/C8H6O4/c1-2-7(3-9)8(4-10,5-11)6-12/h7H,2H2,1H3. The molecule has 4 heteroatoms. The van der Waals surface area contributed by atoms with Gasteiger partial charge in [-0.2, -0.15) is 0 Å². The molecule has 1 atom stereocenters. The summed E-state index contributed by atoms with van der Waals surface area (Å²) < 4.78 is 0. The van der Waals surface area contributed by atoms with Crippen molar-refractivity contribution in [3.8, 4) is 0 Å². The molecule has 0 aromatic heterocycles. The Morgan fingerprint density at radius 1 is 1.08 bits per heavy atom. The van der Waals surface area contributed by atoms with Crippen molar-refractivity contribution in [1.82, 2.24) is 0 Å². The zero-order valence-corrected chi connectivity index (χ0v) is 6.42. The van der Waals surface area contributed by atoms with E-state index < -0.39 is 11.3 Å². The van der Waals surface area contributed by atoms with Gasteiger partial charge >= 0.3 is 0 Å². The molecule has 0 aromatic carbocycles. The third-order valence-electron chi connectivity index (χ3n) is 1.56. The van der Waals surface area contributed by atoms with Gasteiger partial charge in [-0.05, 0) is 6.42 Å². The van der Waals surface area contributed by atoms with Crippen LogP contribution < -0.4 is 0 Å². The molecule has 1 unspecified atom stereocenters. The van der Waals surface area contributed by atoms with Gasteiger partial charge in [0, 0.05) is 0 Å². The van der Waals surface area contributed by atoms with Crippen molar-refractivity contribution in [2.45, 2.75) is 13.3 Å². The fourth-order valence-electron chi connectivity index (χ4n) is 0.754. The van der Waals surface area contributed by atoms with Gasteiger partial charge < -0.3 is 0 Å². The Kier molecular flexibility index (Phi) is 4.04. The van der Waals surface area contributed by atoms with Gasteiger partial charge in [0.2, 0.25) is 25.1 Å². The predicted molar refractivity (Wildman–Crippen MR) is 39.0 cm³/mol. The summed E-state index contributed by atoms with van der Waals surface area (Å²) >= 11 is 0. The van der Waals surface area contributed by atoms with Crippen LogP contribution in [-0.2, 0) is 19.2 Å². The van der Waals surface area contributed by atoms with Crippen LogP contribution in [0, 0.1) is 11.3 Å². The average molecular weight is 166 g/mol. The molecule has 0 N–H and O–H groups in total. The maximum absolute atomic E-state index is 10.2. The van der Waals surface area contributed by atoms with Crippen LogP contribution in [0.4, 0.5) is 0 Å². The van der Waals surface area contributed by atoms with Crippen LogP contribution in [0.2, 0.25) is 0 Å². The normalized spacial score (nSPS) is 13.1. The Labute approximate surface area is 69.9 Å². The minimum absolute atomic E-state index is 0.142. The lowest BCUT2D eigenvalue weighted by Gasteiger charge is -2.15. The van der Waals surface area contributed by atoms with E-state index >= 15 is 0 Å². The second kappa shape index (κ2) is 4.54. The SMILES string of the molecule is CCC([C]=O)C([C]=O)([C]=O)[C]=O. The molecule has 0 amide bonds. The molecule has 0 heterocycles. The highest BCUT2D eigenvalue weighted by atomic mass is 16.2. The maximum Gasteiger partial charge on any atom is 0.222 e. The van der Waals surface area contributed by atoms with E-state index in [1.807, 2.05) is 0 Å². The highest BCUT2D eigenvalue weighted by Gasteiger charge is 2.41. The van der Waals surface area contributed by atoms with Crippen molar-refractivity contribution in [2.24, 2.45) is 11.3 Å². The molecule has 12 heavy (non-hydrogen) atoms. The molecule has 0 aromatic rings. The molecule has 0 rings (SSSR count). The summed E-state index contributed by atoms with van der Waals surface area (Å²) in [6, 6.07) is 0. The molecule has 0 saturated carbocycles. The highest BCUT2D eigenvalue weighted by molar-refractivity contribution is 6.05. The summed E-state index contributed by atoms with van der Waals surface area (Å²) in [4.78, 5) is 40.9. The van der Waals surface area contributed by atoms with E-state index in [0.717, 1.165) is 18.9 Å². The number of hydrogen-bond donors (Lipinski definition) is 0. The molecular formula is C8H6O4. The molecule has 0 aliphatic heterocycles. The topological polar surface area (TPSA) is 68.3 Å². The molecule has 4 nitrogen and oxygen atoms in total. The van der Waals surface area contributed by atoms with Crippen molar-refractivity contribution in [2.75, 3.05) is 0 Å². The molecule has 0 aliphatic rings. The molecule has 0 bridgehead atoms. The summed E-state index contributed by atoms with van der Waals surface area (Å²) in [5.74, 6) is -1.13. The first-order valence-corrected chi connectivity index (χ1v) is 3.26. The van der Waals surface area contributed by atoms with E-state index in [4.69, 9.17) is 0 Å². The summed E-state index contributed by atoms with van der Waals surface area (Å²) in [5.41, 5.74) is -2.20. The highest BCUT2D eigenvalue weighted by Crippen LogP contribution is 2.21. The van der Waals surface area contributed by atoms with Crippen molar-refractivity contribution >= 4 is 25.1 Å². The van der Waals surface area contributed by atoms with Gasteiger partial charge in [-0.3, -0.25) is 19.2 Å². The van der Waals surface area contributed by atoms with Crippen molar-refractivity contribution < 1.29 is 19.2 Å². The minimum Gasteiger partial charge on any atom is -0.290 e. The number of carbonyl (C=O) groups excluding carboxylic acids is 4. The van der Waals surface area contributed by atoms with Crippen LogP contribution in [0.15, 0.2) is 0 Å². The van der Waals surface area contributed by atoms with E-state index in [1.54, 1.807) is 0 Å². The van der Waals surface area contributed by atoms with Crippen molar-refractivity contribution in [3.63, 3.8) is 0 Å². The second-order valence-corrected chi connectivity index (χ2v) is 2.19. The van der Waals surface area contributed by atoms with E-state index in [9.17, 15) is 19.2 Å². The van der Waals surface area contributed by atoms with Crippen LogP contribution >= 0.6 is 0 Å². The van der Waals surface area contributed by atoms with Gasteiger partial charge in [0.05, 0.1) is 5.92 Å². The summed E-state index contributed by atoms with van der Waals surface area (Å²) in [6.45, 7) is 1.54. The lowest BCUT2D eigenvalue weighted by molar-refractivity contribution is 0.409. The number of hydrogen-bond acceptors (Lipinski definition) is 4. The third kappa shape index (κ3) is 1.64. The van der Waals surface area contributed by atoms with Crippen molar-refractivity contribution in [1.29, 1.82) is 0 Å². The Morgan fingerprint density at radius 2 is 1.50 bits per heavy atom. The monoisotopic (exact) mass is 166 g/mol. The zero-order valence-electron chi connectivity index (χ0n) is 6.42. The summed E-state index contributed by atoms with van der Waals surface area (Å²) in [6.07, 6.45) is 5.02. The Balaban J connectivity index is 4.90. The number of rotatable bonds is 6. The fraction of sp³-hybridized carbons (Fsp3) is 0.500. The first kappa shape index (κ1) is 10.7. The first-order chi connectivity index (χ1) is 5.70. The lowest BCUT2D eigenvalue weighted by atomic mass is 9.78. The molecule has 4 radical (unpaired) electrons. The summed E-state index contributed by atoms with van der Waals surface area (Å²) in [7, 11) is 0.